The number of aliphatic hydroxyl groups excluding tert-OH is 8. The third kappa shape index (κ3) is 5.89. The predicted octanol–water partition coefficient (Wildman–Crippen LogP) is -2.73. The van der Waals surface area contributed by atoms with Gasteiger partial charge in [0.15, 0.2) is 17.6 Å². The molecule has 3 heterocycles. The standard InChI is InChI=1S/C27H32O16/c28-7-17-19(33)21(35)23(37)26(42-17)40-15-5-10(30)4-14-11(15)6-16(25(39-14)9-1-2-12(31)13(32)3-9)41-27-24(38)22(36)20(34)18(8-29)43-27/h1-6,17-38H,7-8H2/t17?,18-,19-,20-,21+,22+,23-,24-,25?,26-,27-/m1/s1. The number of phenolic OH excluding ortho intramolecular Hbond substituents is 3. The molecule has 0 bridgehead atoms. The first-order valence-corrected chi connectivity index (χ1v) is 13.1. The Balaban J connectivity index is 1.54. The largest absolute Gasteiger partial charge is 0.508 e. The SMILES string of the molecule is OCC1O[C@@H](Oc2cc(O)cc3c2C=C(O[C@@H]2O[C@H](CO)[C@@H](O)[C@H](O)[C@H]2O)C(c2ccc(O)c(O)c2)O3)[C@H](O)[C@@H](O)[C@@H]1O. The number of phenols is 3. The van der Waals surface area contributed by atoms with E-state index in [0.717, 1.165) is 12.1 Å². The molecule has 43 heavy (non-hydrogen) atoms. The second-order valence-electron chi connectivity index (χ2n) is 10.3. The van der Waals surface area contributed by atoms with Crippen LogP contribution in [0.25, 0.3) is 6.08 Å². The van der Waals surface area contributed by atoms with Crippen LogP contribution in [0.3, 0.4) is 0 Å². The maximum atomic E-state index is 10.6. The minimum absolute atomic E-state index is 0.0293. The van der Waals surface area contributed by atoms with Crippen molar-refractivity contribution in [3.8, 4) is 28.7 Å². The first-order valence-electron chi connectivity index (χ1n) is 13.1. The molecule has 0 saturated carbocycles. The van der Waals surface area contributed by atoms with E-state index >= 15 is 0 Å². The van der Waals surface area contributed by atoms with Crippen molar-refractivity contribution in [2.75, 3.05) is 13.2 Å². The van der Waals surface area contributed by atoms with Gasteiger partial charge in [0.1, 0.15) is 71.8 Å². The maximum Gasteiger partial charge on any atom is 0.229 e. The lowest BCUT2D eigenvalue weighted by Gasteiger charge is -2.41. The summed E-state index contributed by atoms with van der Waals surface area (Å²) in [5.74, 6) is -1.70. The molecule has 2 unspecified atom stereocenters. The number of benzene rings is 2. The molecule has 16 nitrogen and oxygen atoms in total. The van der Waals surface area contributed by atoms with E-state index in [1.807, 2.05) is 0 Å². The van der Waals surface area contributed by atoms with E-state index in [1.54, 1.807) is 0 Å². The van der Waals surface area contributed by atoms with E-state index in [2.05, 4.69) is 0 Å². The Labute approximate surface area is 243 Å². The van der Waals surface area contributed by atoms with Crippen LogP contribution in [-0.2, 0) is 14.2 Å². The normalized spacial score (nSPS) is 35.8. The van der Waals surface area contributed by atoms with Gasteiger partial charge in [-0.15, -0.1) is 0 Å². The molecule has 236 valence electrons. The lowest BCUT2D eigenvalue weighted by atomic mass is 9.98. The number of rotatable bonds is 7. The molecule has 2 saturated heterocycles. The summed E-state index contributed by atoms with van der Waals surface area (Å²) in [5.41, 5.74) is 0.269. The predicted molar refractivity (Wildman–Crippen MR) is 138 cm³/mol. The van der Waals surface area contributed by atoms with Crippen LogP contribution in [0.2, 0.25) is 0 Å². The van der Waals surface area contributed by atoms with Gasteiger partial charge in [-0.05, 0) is 18.2 Å². The van der Waals surface area contributed by atoms with Crippen LogP contribution in [0, 0.1) is 0 Å². The van der Waals surface area contributed by atoms with Gasteiger partial charge >= 0.3 is 0 Å². The van der Waals surface area contributed by atoms with Crippen LogP contribution in [-0.4, -0.2) is 131 Å². The average Bonchev–Trinajstić information content (AvgIpc) is 2.98. The first-order chi connectivity index (χ1) is 20.4. The van der Waals surface area contributed by atoms with Crippen molar-refractivity contribution in [3.05, 3.63) is 47.2 Å². The molecule has 0 aliphatic carbocycles. The van der Waals surface area contributed by atoms with Crippen LogP contribution >= 0.6 is 0 Å². The highest BCUT2D eigenvalue weighted by molar-refractivity contribution is 5.70. The minimum Gasteiger partial charge on any atom is -0.508 e. The fraction of sp³-hybridized carbons (Fsp3) is 0.481. The summed E-state index contributed by atoms with van der Waals surface area (Å²) < 4.78 is 28.6. The molecule has 2 aromatic rings. The monoisotopic (exact) mass is 612 g/mol. The summed E-state index contributed by atoms with van der Waals surface area (Å²) in [6, 6.07) is 6.01. The molecule has 16 heteroatoms. The Hall–Kier alpha value is -3.42. The van der Waals surface area contributed by atoms with Crippen molar-refractivity contribution in [2.24, 2.45) is 0 Å². The molecule has 11 N–H and O–H groups in total. The third-order valence-electron chi connectivity index (χ3n) is 7.37. The molecule has 11 atom stereocenters. The number of fused-ring (bicyclic) bond motifs is 1. The summed E-state index contributed by atoms with van der Waals surface area (Å²) >= 11 is 0. The molecule has 2 fully saturated rings. The second kappa shape index (κ2) is 12.3. The van der Waals surface area contributed by atoms with Crippen molar-refractivity contribution in [1.82, 2.24) is 0 Å². The highest BCUT2D eigenvalue weighted by atomic mass is 16.7. The Bertz CT molecular complexity index is 1330. The lowest BCUT2D eigenvalue weighted by molar-refractivity contribution is -0.293. The molecule has 2 aromatic carbocycles. The van der Waals surface area contributed by atoms with E-state index in [1.165, 1.54) is 24.3 Å². The fourth-order valence-corrected chi connectivity index (χ4v) is 4.95. The summed E-state index contributed by atoms with van der Waals surface area (Å²) in [5, 5.41) is 111. The van der Waals surface area contributed by atoms with E-state index in [0.29, 0.717) is 0 Å². The molecule has 0 radical (unpaired) electrons. The average molecular weight is 613 g/mol. The van der Waals surface area contributed by atoms with Crippen molar-refractivity contribution in [2.45, 2.75) is 67.5 Å². The molecular formula is C27H32O16. The van der Waals surface area contributed by atoms with Gasteiger partial charge < -0.3 is 79.9 Å². The number of hydrogen-bond donors (Lipinski definition) is 11. The van der Waals surface area contributed by atoms with Gasteiger partial charge in [0.2, 0.25) is 12.6 Å². The van der Waals surface area contributed by atoms with Crippen molar-refractivity contribution < 1.29 is 79.9 Å². The highest BCUT2D eigenvalue weighted by Gasteiger charge is 2.47. The third-order valence-corrected chi connectivity index (χ3v) is 7.37. The first kappa shape index (κ1) is 31.0. The molecule has 3 aliphatic heterocycles. The van der Waals surface area contributed by atoms with Crippen LogP contribution in [0.5, 0.6) is 28.7 Å². The van der Waals surface area contributed by atoms with Crippen LogP contribution in [0.15, 0.2) is 36.1 Å². The molecule has 3 aliphatic rings. The molecule has 5 rings (SSSR count). The van der Waals surface area contributed by atoms with E-state index in [4.69, 9.17) is 23.7 Å². The Morgan fingerprint density at radius 2 is 1.23 bits per heavy atom. The highest BCUT2D eigenvalue weighted by Crippen LogP contribution is 2.46. The number of hydrogen-bond acceptors (Lipinski definition) is 16. The zero-order chi connectivity index (χ0) is 31.2. The summed E-state index contributed by atoms with van der Waals surface area (Å²) in [6.45, 7) is -1.45. The Kier molecular flexibility index (Phi) is 8.87. The van der Waals surface area contributed by atoms with Crippen LogP contribution < -0.4 is 9.47 Å². The topological polar surface area (TPSA) is 269 Å². The van der Waals surface area contributed by atoms with Gasteiger partial charge in [0, 0.05) is 17.7 Å². The molecule has 0 amide bonds. The van der Waals surface area contributed by atoms with Gasteiger partial charge in [0.05, 0.1) is 18.8 Å². The second-order valence-corrected chi connectivity index (χ2v) is 10.3. The van der Waals surface area contributed by atoms with Gasteiger partial charge in [0.25, 0.3) is 0 Å². The molecule has 0 aromatic heterocycles. The molecule has 0 spiro atoms. The van der Waals surface area contributed by atoms with Crippen molar-refractivity contribution in [1.29, 1.82) is 0 Å². The molecular weight excluding hydrogens is 580 g/mol. The van der Waals surface area contributed by atoms with Gasteiger partial charge in [-0.3, -0.25) is 0 Å². The maximum absolute atomic E-state index is 10.6. The minimum atomic E-state index is -1.81. The van der Waals surface area contributed by atoms with Gasteiger partial charge in [-0.2, -0.15) is 0 Å². The van der Waals surface area contributed by atoms with E-state index in [-0.39, 0.29) is 34.1 Å². The van der Waals surface area contributed by atoms with Crippen molar-refractivity contribution >= 4 is 6.08 Å². The van der Waals surface area contributed by atoms with Gasteiger partial charge in [-0.1, -0.05) is 6.07 Å². The zero-order valence-electron chi connectivity index (χ0n) is 22.2. The van der Waals surface area contributed by atoms with Crippen LogP contribution in [0.1, 0.15) is 17.2 Å². The number of ether oxygens (including phenoxy) is 5. The quantitative estimate of drug-likeness (QED) is 0.142. The summed E-state index contributed by atoms with van der Waals surface area (Å²) in [6.07, 6.45) is -16.3. The Morgan fingerprint density at radius 3 is 1.79 bits per heavy atom. The number of aromatic hydroxyl groups is 3. The van der Waals surface area contributed by atoms with Crippen LogP contribution in [0.4, 0.5) is 0 Å². The zero-order valence-corrected chi connectivity index (χ0v) is 22.2. The van der Waals surface area contributed by atoms with E-state index < -0.39 is 92.2 Å². The smallest absolute Gasteiger partial charge is 0.229 e. The Morgan fingerprint density at radius 1 is 0.651 bits per heavy atom. The van der Waals surface area contributed by atoms with E-state index in [9.17, 15) is 56.2 Å². The summed E-state index contributed by atoms with van der Waals surface area (Å²) in [4.78, 5) is 0. The lowest BCUT2D eigenvalue weighted by Crippen LogP contribution is -2.60. The summed E-state index contributed by atoms with van der Waals surface area (Å²) in [7, 11) is 0. The number of aliphatic hydroxyl groups is 8. The van der Waals surface area contributed by atoms with Crippen molar-refractivity contribution in [3.63, 3.8) is 0 Å². The van der Waals surface area contributed by atoms with Gasteiger partial charge in [-0.25, -0.2) is 0 Å². The fourth-order valence-electron chi connectivity index (χ4n) is 4.95.